The lowest BCUT2D eigenvalue weighted by atomic mass is 10.2. The molecular formula is C4HCl4F5. The highest BCUT2D eigenvalue weighted by Crippen LogP contribution is 2.54. The van der Waals surface area contributed by atoms with Crippen LogP contribution in [0.1, 0.15) is 0 Å². The van der Waals surface area contributed by atoms with E-state index in [-0.39, 0.29) is 0 Å². The van der Waals surface area contributed by atoms with E-state index in [1.54, 1.807) is 0 Å². The van der Waals surface area contributed by atoms with Crippen LogP contribution in [0.4, 0.5) is 22.0 Å². The van der Waals surface area contributed by atoms with Crippen molar-refractivity contribution >= 4 is 46.4 Å². The third-order valence-corrected chi connectivity index (χ3v) is 2.66. The number of hydrogen-bond acceptors (Lipinski definition) is 0. The molecular weight excluding hydrogens is 285 g/mol. The van der Waals surface area contributed by atoms with E-state index in [1.807, 2.05) is 0 Å². The van der Waals surface area contributed by atoms with Crippen LogP contribution in [-0.4, -0.2) is 21.3 Å². The van der Waals surface area contributed by atoms with Crippen molar-refractivity contribution in [1.82, 2.24) is 0 Å². The molecule has 0 aromatic carbocycles. The summed E-state index contributed by atoms with van der Waals surface area (Å²) in [6.07, 6.45) is -4.37. The molecule has 0 amide bonds. The molecule has 0 rings (SSSR count). The molecule has 0 aromatic rings. The van der Waals surface area contributed by atoms with Crippen LogP contribution in [-0.2, 0) is 0 Å². The van der Waals surface area contributed by atoms with E-state index in [0.717, 1.165) is 0 Å². The predicted octanol–water partition coefficient (Wildman–Crippen LogP) is 4.16. The maximum atomic E-state index is 12.8. The molecule has 1 atom stereocenters. The Morgan fingerprint density at radius 1 is 0.846 bits per heavy atom. The molecule has 0 aliphatic heterocycles. The van der Waals surface area contributed by atoms with Crippen molar-refractivity contribution in [3.8, 4) is 0 Å². The maximum Gasteiger partial charge on any atom is 0.358 e. The lowest BCUT2D eigenvalue weighted by Crippen LogP contribution is -2.53. The van der Waals surface area contributed by atoms with Crippen molar-refractivity contribution in [3.05, 3.63) is 0 Å². The van der Waals surface area contributed by atoms with E-state index in [4.69, 9.17) is 0 Å². The molecule has 0 aliphatic carbocycles. The molecule has 0 spiro atoms. The molecule has 80 valence electrons. The molecule has 0 heterocycles. The van der Waals surface area contributed by atoms with Gasteiger partial charge in [-0.05, 0) is 0 Å². The Hall–Kier alpha value is 0.810. The Bertz CT molecular complexity index is 185. The number of alkyl halides is 9. The normalized spacial score (nSPS) is 18.9. The summed E-state index contributed by atoms with van der Waals surface area (Å²) in [4.78, 5) is 0. The third kappa shape index (κ3) is 2.43. The van der Waals surface area contributed by atoms with Crippen molar-refractivity contribution in [2.24, 2.45) is 0 Å². The van der Waals surface area contributed by atoms with Crippen LogP contribution in [0.3, 0.4) is 0 Å². The lowest BCUT2D eigenvalue weighted by molar-refractivity contribution is -0.184. The van der Waals surface area contributed by atoms with Crippen LogP contribution in [0.15, 0.2) is 0 Å². The van der Waals surface area contributed by atoms with Gasteiger partial charge in [-0.25, -0.2) is 13.2 Å². The molecule has 0 bridgehead atoms. The molecule has 13 heavy (non-hydrogen) atoms. The summed E-state index contributed by atoms with van der Waals surface area (Å²) in [5.41, 5.74) is 0. The van der Waals surface area contributed by atoms with Crippen LogP contribution in [0.25, 0.3) is 0 Å². The second-order valence-electron chi connectivity index (χ2n) is 2.00. The second kappa shape index (κ2) is 3.76. The van der Waals surface area contributed by atoms with Crippen molar-refractivity contribution in [2.75, 3.05) is 0 Å². The molecule has 0 nitrogen and oxygen atoms in total. The Labute approximate surface area is 89.9 Å². The van der Waals surface area contributed by atoms with Crippen LogP contribution >= 0.6 is 46.4 Å². The SMILES string of the molecule is FC(F)C(F)(F)C(F)(Cl)C(Cl)(Cl)Cl. The fraction of sp³-hybridized carbons (Fsp3) is 1.00. The first kappa shape index (κ1) is 13.8. The summed E-state index contributed by atoms with van der Waals surface area (Å²) in [5.74, 6) is -5.25. The molecule has 0 saturated heterocycles. The van der Waals surface area contributed by atoms with Gasteiger partial charge in [0.1, 0.15) is 0 Å². The van der Waals surface area contributed by atoms with Gasteiger partial charge < -0.3 is 0 Å². The van der Waals surface area contributed by atoms with Gasteiger partial charge in [0.05, 0.1) is 0 Å². The number of rotatable bonds is 2. The van der Waals surface area contributed by atoms with E-state index in [1.165, 1.54) is 0 Å². The van der Waals surface area contributed by atoms with E-state index in [2.05, 4.69) is 46.4 Å². The molecule has 1 unspecified atom stereocenters. The maximum absolute atomic E-state index is 12.8. The molecule has 0 aromatic heterocycles. The van der Waals surface area contributed by atoms with Gasteiger partial charge in [-0.15, -0.1) is 0 Å². The molecule has 9 heteroatoms. The minimum absolute atomic E-state index is 3.35. The summed E-state index contributed by atoms with van der Waals surface area (Å²) in [7, 11) is 0. The van der Waals surface area contributed by atoms with Crippen LogP contribution in [0.5, 0.6) is 0 Å². The number of halogens is 9. The molecule has 0 N–H and O–H groups in total. The smallest absolute Gasteiger partial charge is 0.214 e. The van der Waals surface area contributed by atoms with Gasteiger partial charge in [-0.2, -0.15) is 8.78 Å². The summed E-state index contributed by atoms with van der Waals surface area (Å²) in [5, 5.41) is -4.46. The van der Waals surface area contributed by atoms with E-state index >= 15 is 0 Å². The lowest BCUT2D eigenvalue weighted by Gasteiger charge is -2.32. The molecule has 0 saturated carbocycles. The molecule has 0 radical (unpaired) electrons. The summed E-state index contributed by atoms with van der Waals surface area (Å²) in [6, 6.07) is 0. The van der Waals surface area contributed by atoms with Gasteiger partial charge in [0, 0.05) is 0 Å². The Balaban J connectivity index is 5.04. The van der Waals surface area contributed by atoms with Crippen molar-refractivity contribution in [1.29, 1.82) is 0 Å². The average Bonchev–Trinajstić information content (AvgIpc) is 1.84. The Morgan fingerprint density at radius 3 is 1.23 bits per heavy atom. The minimum atomic E-state index is -5.25. The first-order valence-corrected chi connectivity index (χ1v) is 4.06. The molecule has 0 aliphatic rings. The fourth-order valence-electron chi connectivity index (χ4n) is 0.326. The van der Waals surface area contributed by atoms with Gasteiger partial charge in [-0.1, -0.05) is 46.4 Å². The monoisotopic (exact) mass is 284 g/mol. The first-order valence-electron chi connectivity index (χ1n) is 2.55. The highest BCUT2D eigenvalue weighted by Gasteiger charge is 2.70. The first-order chi connectivity index (χ1) is 5.44. The topological polar surface area (TPSA) is 0 Å². The van der Waals surface area contributed by atoms with Crippen molar-refractivity contribution in [2.45, 2.75) is 21.3 Å². The van der Waals surface area contributed by atoms with Crippen LogP contribution < -0.4 is 0 Å². The standard InChI is InChI=1S/C4HCl4F5/c5-3(13,4(6,7)8)2(11,12)1(9)10/h1H. The number of hydrogen-bond donors (Lipinski definition) is 0. The quantitative estimate of drug-likeness (QED) is 0.528. The molecule has 0 fully saturated rings. The van der Waals surface area contributed by atoms with Crippen molar-refractivity contribution < 1.29 is 22.0 Å². The van der Waals surface area contributed by atoms with E-state index < -0.39 is 21.3 Å². The Morgan fingerprint density at radius 2 is 1.15 bits per heavy atom. The van der Waals surface area contributed by atoms with Crippen LogP contribution in [0.2, 0.25) is 0 Å². The highest BCUT2D eigenvalue weighted by molar-refractivity contribution is 6.70. The summed E-state index contributed by atoms with van der Waals surface area (Å²) in [6.45, 7) is 0. The van der Waals surface area contributed by atoms with Crippen LogP contribution in [0, 0.1) is 0 Å². The van der Waals surface area contributed by atoms with Gasteiger partial charge in [0.15, 0.2) is 0 Å². The zero-order chi connectivity index (χ0) is 11.1. The van der Waals surface area contributed by atoms with E-state index in [0.29, 0.717) is 0 Å². The van der Waals surface area contributed by atoms with Crippen molar-refractivity contribution in [3.63, 3.8) is 0 Å². The fourth-order valence-corrected chi connectivity index (χ4v) is 0.786. The summed E-state index contributed by atoms with van der Waals surface area (Å²) >= 11 is 18.4. The predicted molar refractivity (Wildman–Crippen MR) is 40.9 cm³/mol. The average molecular weight is 286 g/mol. The van der Waals surface area contributed by atoms with Gasteiger partial charge in [0.2, 0.25) is 3.79 Å². The zero-order valence-electron chi connectivity index (χ0n) is 5.48. The zero-order valence-corrected chi connectivity index (χ0v) is 8.50. The summed E-state index contributed by atoms with van der Waals surface area (Å²) < 4.78 is 57.2. The third-order valence-electron chi connectivity index (χ3n) is 1.05. The largest absolute Gasteiger partial charge is 0.358 e. The highest BCUT2D eigenvalue weighted by atomic mass is 35.6. The van der Waals surface area contributed by atoms with E-state index in [9.17, 15) is 22.0 Å². The minimum Gasteiger partial charge on any atom is -0.214 e. The van der Waals surface area contributed by atoms with Gasteiger partial charge in [-0.3, -0.25) is 0 Å². The Kier molecular flexibility index (Phi) is 3.99. The van der Waals surface area contributed by atoms with Gasteiger partial charge >= 0.3 is 12.3 Å². The van der Waals surface area contributed by atoms with Gasteiger partial charge in [0.25, 0.3) is 5.13 Å². The second-order valence-corrected chi connectivity index (χ2v) is 4.80.